The summed E-state index contributed by atoms with van der Waals surface area (Å²) in [5.74, 6) is -0.235. The molecule has 0 aliphatic heterocycles. The summed E-state index contributed by atoms with van der Waals surface area (Å²) in [6, 6.07) is 11.2. The number of rotatable bonds is 9. The largest absolute Gasteiger partial charge is 0.482 e. The lowest BCUT2D eigenvalue weighted by Crippen LogP contribution is -2.51. The molecule has 2 aromatic carbocycles. The van der Waals surface area contributed by atoms with Gasteiger partial charge in [-0.1, -0.05) is 59.9 Å². The van der Waals surface area contributed by atoms with Crippen LogP contribution in [0.15, 0.2) is 42.5 Å². The second-order valence-electron chi connectivity index (χ2n) is 7.03. The molecule has 0 aromatic heterocycles. The monoisotopic (exact) mass is 470 g/mol. The van der Waals surface area contributed by atoms with Crippen molar-refractivity contribution in [3.05, 3.63) is 63.1 Å². The second-order valence-corrected chi connectivity index (χ2v) is 8.25. The van der Waals surface area contributed by atoms with Crippen molar-refractivity contribution in [1.82, 2.24) is 10.2 Å². The van der Waals surface area contributed by atoms with Gasteiger partial charge in [-0.15, -0.1) is 0 Å². The Hall–Kier alpha value is -1.95. The summed E-state index contributed by atoms with van der Waals surface area (Å²) in [6.07, 6.45) is 0.415. The van der Waals surface area contributed by atoms with Crippen molar-refractivity contribution in [3.8, 4) is 5.75 Å². The number of amides is 2. The van der Waals surface area contributed by atoms with E-state index in [4.69, 9.17) is 39.5 Å². The minimum Gasteiger partial charge on any atom is -0.482 e. The van der Waals surface area contributed by atoms with Gasteiger partial charge in [0.15, 0.2) is 6.61 Å². The van der Waals surface area contributed by atoms with E-state index in [1.165, 1.54) is 4.90 Å². The zero-order valence-electron chi connectivity index (χ0n) is 17.1. The van der Waals surface area contributed by atoms with E-state index in [0.717, 1.165) is 0 Å². The van der Waals surface area contributed by atoms with Gasteiger partial charge >= 0.3 is 0 Å². The Bertz CT molecular complexity index is 869. The molecule has 2 rings (SSSR count). The number of ether oxygens (including phenoxy) is 1. The highest BCUT2D eigenvalue weighted by Gasteiger charge is 2.30. The molecule has 5 nitrogen and oxygen atoms in total. The predicted octanol–water partition coefficient (Wildman–Crippen LogP) is 5.36. The van der Waals surface area contributed by atoms with Gasteiger partial charge in [-0.05, 0) is 44.5 Å². The van der Waals surface area contributed by atoms with Crippen LogP contribution in [0.3, 0.4) is 0 Å². The third-order valence-electron chi connectivity index (χ3n) is 4.39. The molecule has 1 atom stereocenters. The quantitative estimate of drug-likeness (QED) is 0.536. The molecule has 0 saturated heterocycles. The van der Waals surface area contributed by atoms with Crippen LogP contribution in [-0.2, 0) is 16.1 Å². The molecular weight excluding hydrogens is 447 g/mol. The smallest absolute Gasteiger partial charge is 0.261 e. The Morgan fingerprint density at radius 2 is 1.60 bits per heavy atom. The minimum atomic E-state index is -0.706. The number of carbonyl (C=O) groups excluding carboxylic acids is 2. The third kappa shape index (κ3) is 6.53. The van der Waals surface area contributed by atoms with E-state index in [2.05, 4.69) is 5.32 Å². The summed E-state index contributed by atoms with van der Waals surface area (Å²) in [5.41, 5.74) is 0.572. The van der Waals surface area contributed by atoms with Crippen LogP contribution in [-0.4, -0.2) is 35.4 Å². The number of benzene rings is 2. The summed E-state index contributed by atoms with van der Waals surface area (Å²) < 4.78 is 5.61. The normalized spacial score (nSPS) is 11.8. The van der Waals surface area contributed by atoms with E-state index in [-0.39, 0.29) is 31.0 Å². The van der Waals surface area contributed by atoms with E-state index in [9.17, 15) is 9.59 Å². The molecule has 2 aromatic rings. The fourth-order valence-electron chi connectivity index (χ4n) is 2.94. The lowest BCUT2D eigenvalue weighted by atomic mass is 10.1. The topological polar surface area (TPSA) is 58.6 Å². The van der Waals surface area contributed by atoms with Crippen LogP contribution < -0.4 is 10.1 Å². The van der Waals surface area contributed by atoms with Gasteiger partial charge in [0.25, 0.3) is 5.91 Å². The molecule has 0 saturated carbocycles. The number of nitrogens with zero attached hydrogens (tertiary/aromatic N) is 1. The highest BCUT2D eigenvalue weighted by molar-refractivity contribution is 6.36. The standard InChI is InChI=1S/C22H25Cl3N2O3/c1-4-19(22(29)26-14(2)3)27(12-15-16(23)9-7-10-17(15)24)21(28)13-30-20-11-6-5-8-18(20)25/h5-11,14,19H,4,12-13H2,1-3H3,(H,26,29)/t19-/m1/s1. The zero-order chi connectivity index (χ0) is 22.3. The molecule has 0 radical (unpaired) electrons. The van der Waals surface area contributed by atoms with Gasteiger partial charge in [0.05, 0.1) is 5.02 Å². The van der Waals surface area contributed by atoms with Crippen LogP contribution in [0.1, 0.15) is 32.8 Å². The maximum absolute atomic E-state index is 13.1. The number of carbonyl (C=O) groups is 2. The van der Waals surface area contributed by atoms with Gasteiger partial charge < -0.3 is 15.0 Å². The maximum atomic E-state index is 13.1. The fraction of sp³-hybridized carbons (Fsp3) is 0.364. The first-order valence-electron chi connectivity index (χ1n) is 9.64. The molecule has 0 aliphatic rings. The number of para-hydroxylation sites is 1. The first-order valence-corrected chi connectivity index (χ1v) is 10.8. The first-order chi connectivity index (χ1) is 14.2. The number of hydrogen-bond donors (Lipinski definition) is 1. The van der Waals surface area contributed by atoms with Crippen molar-refractivity contribution in [2.75, 3.05) is 6.61 Å². The van der Waals surface area contributed by atoms with Crippen molar-refractivity contribution >= 4 is 46.6 Å². The molecule has 2 amide bonds. The van der Waals surface area contributed by atoms with Crippen molar-refractivity contribution in [2.45, 2.75) is 45.8 Å². The summed E-state index contributed by atoms with van der Waals surface area (Å²) in [7, 11) is 0. The molecule has 0 spiro atoms. The maximum Gasteiger partial charge on any atom is 0.261 e. The van der Waals surface area contributed by atoms with Crippen LogP contribution in [0.5, 0.6) is 5.75 Å². The summed E-state index contributed by atoms with van der Waals surface area (Å²) >= 11 is 18.7. The molecule has 30 heavy (non-hydrogen) atoms. The van der Waals surface area contributed by atoms with E-state index in [1.807, 2.05) is 20.8 Å². The fourth-order valence-corrected chi connectivity index (χ4v) is 3.65. The Labute approximate surface area is 192 Å². The SMILES string of the molecule is CC[C@H](C(=O)NC(C)C)N(Cc1c(Cl)cccc1Cl)C(=O)COc1ccccc1Cl. The molecule has 0 aliphatic carbocycles. The van der Waals surface area contributed by atoms with Crippen LogP contribution in [0.2, 0.25) is 15.1 Å². The van der Waals surface area contributed by atoms with E-state index < -0.39 is 6.04 Å². The van der Waals surface area contributed by atoms with E-state index in [1.54, 1.807) is 42.5 Å². The van der Waals surface area contributed by atoms with Crippen molar-refractivity contribution < 1.29 is 14.3 Å². The highest BCUT2D eigenvalue weighted by Crippen LogP contribution is 2.27. The van der Waals surface area contributed by atoms with Gasteiger partial charge in [-0.3, -0.25) is 9.59 Å². The number of halogens is 3. The van der Waals surface area contributed by atoms with Crippen LogP contribution in [0.4, 0.5) is 0 Å². The molecule has 0 unspecified atom stereocenters. The van der Waals surface area contributed by atoms with Crippen molar-refractivity contribution in [3.63, 3.8) is 0 Å². The Balaban J connectivity index is 2.30. The van der Waals surface area contributed by atoms with Gasteiger partial charge in [-0.25, -0.2) is 0 Å². The highest BCUT2D eigenvalue weighted by atomic mass is 35.5. The predicted molar refractivity (Wildman–Crippen MR) is 121 cm³/mol. The molecule has 0 heterocycles. The van der Waals surface area contributed by atoms with Crippen LogP contribution >= 0.6 is 34.8 Å². The van der Waals surface area contributed by atoms with Crippen molar-refractivity contribution in [1.29, 1.82) is 0 Å². The Morgan fingerprint density at radius 3 is 2.17 bits per heavy atom. The Kier molecular flexibility index (Phi) is 9.28. The summed E-state index contributed by atoms with van der Waals surface area (Å²) in [5, 5.41) is 4.11. The van der Waals surface area contributed by atoms with Crippen LogP contribution in [0, 0.1) is 0 Å². The third-order valence-corrected chi connectivity index (χ3v) is 5.42. The van der Waals surface area contributed by atoms with Crippen molar-refractivity contribution in [2.24, 2.45) is 0 Å². The first kappa shape index (κ1) is 24.3. The van der Waals surface area contributed by atoms with Crippen LogP contribution in [0.25, 0.3) is 0 Å². The van der Waals surface area contributed by atoms with E-state index in [0.29, 0.717) is 32.8 Å². The average Bonchev–Trinajstić information content (AvgIpc) is 2.68. The summed E-state index contributed by atoms with van der Waals surface area (Å²) in [4.78, 5) is 27.4. The molecular formula is C22H25Cl3N2O3. The minimum absolute atomic E-state index is 0.0632. The van der Waals surface area contributed by atoms with Gasteiger partial charge in [0.1, 0.15) is 11.8 Å². The van der Waals surface area contributed by atoms with Gasteiger partial charge in [0.2, 0.25) is 5.91 Å². The molecule has 0 bridgehead atoms. The van der Waals surface area contributed by atoms with E-state index >= 15 is 0 Å². The average molecular weight is 472 g/mol. The van der Waals surface area contributed by atoms with Gasteiger partial charge in [0, 0.05) is 28.2 Å². The summed E-state index contributed by atoms with van der Waals surface area (Å²) in [6.45, 7) is 5.36. The number of hydrogen-bond acceptors (Lipinski definition) is 3. The zero-order valence-corrected chi connectivity index (χ0v) is 19.4. The Morgan fingerprint density at radius 1 is 1.00 bits per heavy atom. The molecule has 8 heteroatoms. The molecule has 1 N–H and O–H groups in total. The lowest BCUT2D eigenvalue weighted by Gasteiger charge is -2.31. The van der Waals surface area contributed by atoms with Gasteiger partial charge in [-0.2, -0.15) is 0 Å². The second kappa shape index (κ2) is 11.4. The molecule has 0 fully saturated rings. The molecule has 162 valence electrons. The number of nitrogens with one attached hydrogen (secondary N) is 1. The lowest BCUT2D eigenvalue weighted by molar-refractivity contribution is -0.143.